The number of ether oxygens (including phenoxy) is 1. The Bertz CT molecular complexity index is 669. The molecular weight excluding hydrogens is 273 g/mol. The van der Waals surface area contributed by atoms with Crippen LogP contribution in [0.25, 0.3) is 0 Å². The smallest absolute Gasteiger partial charge is 0.232 e. The molecule has 21 heavy (non-hydrogen) atoms. The van der Waals surface area contributed by atoms with Gasteiger partial charge in [0.2, 0.25) is 5.91 Å². The predicted molar refractivity (Wildman–Crippen MR) is 75.7 cm³/mol. The van der Waals surface area contributed by atoms with E-state index in [1.165, 1.54) is 12.1 Å². The molecule has 0 radical (unpaired) electrons. The Morgan fingerprint density at radius 3 is 3.14 bits per heavy atom. The van der Waals surface area contributed by atoms with E-state index in [0.29, 0.717) is 18.0 Å². The van der Waals surface area contributed by atoms with Gasteiger partial charge in [-0.05, 0) is 36.6 Å². The van der Waals surface area contributed by atoms with Crippen molar-refractivity contribution in [2.45, 2.75) is 19.8 Å². The first-order chi connectivity index (χ1) is 10.2. The third-order valence-electron chi connectivity index (χ3n) is 3.56. The van der Waals surface area contributed by atoms with Gasteiger partial charge in [-0.1, -0.05) is 6.92 Å². The van der Waals surface area contributed by atoms with Crippen LogP contribution in [-0.4, -0.2) is 22.7 Å². The molecule has 2 aromatic rings. The van der Waals surface area contributed by atoms with Gasteiger partial charge in [0.05, 0.1) is 5.92 Å². The number of hydrogen-bond acceptors (Lipinski definition) is 3. The van der Waals surface area contributed by atoms with Gasteiger partial charge in [0.15, 0.2) is 5.82 Å². The van der Waals surface area contributed by atoms with Crippen LogP contribution < -0.4 is 10.1 Å². The number of aromatic nitrogens is 2. The number of aryl methyl sites for hydroxylation is 1. The number of rotatable bonds is 3. The first-order valence-electron chi connectivity index (χ1n) is 6.92. The minimum absolute atomic E-state index is 0.168. The van der Waals surface area contributed by atoms with E-state index in [9.17, 15) is 9.18 Å². The van der Waals surface area contributed by atoms with Gasteiger partial charge in [-0.3, -0.25) is 9.89 Å². The fourth-order valence-electron chi connectivity index (χ4n) is 2.37. The van der Waals surface area contributed by atoms with Crippen LogP contribution >= 0.6 is 0 Å². The zero-order valence-corrected chi connectivity index (χ0v) is 11.6. The van der Waals surface area contributed by atoms with Crippen molar-refractivity contribution in [3.05, 3.63) is 41.3 Å². The summed E-state index contributed by atoms with van der Waals surface area (Å²) < 4.78 is 18.8. The Balaban J connectivity index is 1.69. The van der Waals surface area contributed by atoms with E-state index in [4.69, 9.17) is 4.74 Å². The molecule has 0 saturated heterocycles. The van der Waals surface area contributed by atoms with E-state index in [0.717, 1.165) is 17.7 Å². The van der Waals surface area contributed by atoms with Gasteiger partial charge in [-0.15, -0.1) is 0 Å². The molecule has 0 bridgehead atoms. The number of hydrogen-bond donors (Lipinski definition) is 2. The number of fused-ring (bicyclic) bond motifs is 1. The number of carbonyl (C=O) groups is 1. The number of amides is 1. The lowest BCUT2D eigenvalue weighted by molar-refractivity contribution is -0.121. The topological polar surface area (TPSA) is 67.0 Å². The minimum Gasteiger partial charge on any atom is -0.492 e. The zero-order chi connectivity index (χ0) is 14.8. The monoisotopic (exact) mass is 289 g/mol. The van der Waals surface area contributed by atoms with Crippen molar-refractivity contribution in [3.8, 4) is 5.75 Å². The van der Waals surface area contributed by atoms with Crippen molar-refractivity contribution in [2.24, 2.45) is 5.92 Å². The summed E-state index contributed by atoms with van der Waals surface area (Å²) in [6.45, 7) is 2.29. The van der Waals surface area contributed by atoms with E-state index in [1.807, 2.05) is 6.92 Å². The predicted octanol–water partition coefficient (Wildman–Crippen LogP) is 2.30. The van der Waals surface area contributed by atoms with Crippen LogP contribution in [0.4, 0.5) is 10.2 Å². The van der Waals surface area contributed by atoms with Crippen molar-refractivity contribution in [1.82, 2.24) is 10.2 Å². The molecule has 0 saturated carbocycles. The summed E-state index contributed by atoms with van der Waals surface area (Å²) in [4.78, 5) is 12.2. The first kappa shape index (κ1) is 13.6. The summed E-state index contributed by atoms with van der Waals surface area (Å²) in [6, 6.07) is 6.17. The summed E-state index contributed by atoms with van der Waals surface area (Å²) >= 11 is 0. The molecule has 1 aliphatic heterocycles. The zero-order valence-electron chi connectivity index (χ0n) is 11.6. The number of benzene rings is 1. The second-order valence-corrected chi connectivity index (χ2v) is 5.09. The van der Waals surface area contributed by atoms with E-state index >= 15 is 0 Å². The molecule has 3 rings (SSSR count). The van der Waals surface area contributed by atoms with Gasteiger partial charge in [0.25, 0.3) is 0 Å². The van der Waals surface area contributed by atoms with Crippen LogP contribution in [0.3, 0.4) is 0 Å². The highest BCUT2D eigenvalue weighted by atomic mass is 19.1. The van der Waals surface area contributed by atoms with Crippen LogP contribution in [-0.2, 0) is 17.6 Å². The molecule has 2 N–H and O–H groups in total. The lowest BCUT2D eigenvalue weighted by Gasteiger charge is -2.24. The Morgan fingerprint density at radius 2 is 2.38 bits per heavy atom. The molecule has 1 unspecified atom stereocenters. The van der Waals surface area contributed by atoms with Gasteiger partial charge < -0.3 is 10.1 Å². The molecule has 2 heterocycles. The van der Waals surface area contributed by atoms with Gasteiger partial charge in [-0.2, -0.15) is 5.10 Å². The molecular formula is C15H16FN3O2. The molecule has 5 nitrogen and oxygen atoms in total. The summed E-state index contributed by atoms with van der Waals surface area (Å²) in [5.74, 6) is 0.314. The van der Waals surface area contributed by atoms with E-state index in [1.54, 1.807) is 12.1 Å². The van der Waals surface area contributed by atoms with Crippen molar-refractivity contribution in [3.63, 3.8) is 0 Å². The Morgan fingerprint density at radius 1 is 1.52 bits per heavy atom. The Hall–Kier alpha value is -2.37. The average Bonchev–Trinajstić information content (AvgIpc) is 2.94. The van der Waals surface area contributed by atoms with Crippen molar-refractivity contribution in [1.29, 1.82) is 0 Å². The number of halogens is 1. The molecule has 110 valence electrons. The Kier molecular flexibility index (Phi) is 3.60. The molecule has 0 fully saturated rings. The number of nitrogens with one attached hydrogen (secondary N) is 2. The third kappa shape index (κ3) is 2.89. The highest BCUT2D eigenvalue weighted by Crippen LogP contribution is 2.28. The van der Waals surface area contributed by atoms with Crippen LogP contribution in [0.2, 0.25) is 0 Å². The summed E-state index contributed by atoms with van der Waals surface area (Å²) in [5.41, 5.74) is 1.68. The Labute approximate surface area is 121 Å². The highest BCUT2D eigenvalue weighted by molar-refractivity contribution is 5.92. The summed E-state index contributed by atoms with van der Waals surface area (Å²) in [6.07, 6.45) is 1.28. The van der Waals surface area contributed by atoms with E-state index < -0.39 is 0 Å². The molecule has 1 atom stereocenters. The quantitative estimate of drug-likeness (QED) is 0.911. The molecule has 1 aromatic heterocycles. The lowest BCUT2D eigenvalue weighted by Crippen LogP contribution is -2.32. The number of nitrogens with zero attached hydrogens (tertiary/aromatic N) is 1. The number of carbonyl (C=O) groups excluding carboxylic acids is 1. The maximum atomic E-state index is 13.2. The third-order valence-corrected chi connectivity index (χ3v) is 3.56. The minimum atomic E-state index is -0.346. The molecule has 1 amide bonds. The van der Waals surface area contributed by atoms with Crippen LogP contribution in [0, 0.1) is 11.7 Å². The van der Waals surface area contributed by atoms with Crippen LogP contribution in [0.5, 0.6) is 5.75 Å². The van der Waals surface area contributed by atoms with Crippen molar-refractivity contribution in [2.75, 3.05) is 11.9 Å². The fraction of sp³-hybridized carbons (Fsp3) is 0.333. The van der Waals surface area contributed by atoms with Gasteiger partial charge in [-0.25, -0.2) is 4.39 Å². The maximum absolute atomic E-state index is 13.2. The number of H-pyrrole nitrogens is 1. The molecule has 1 aromatic carbocycles. The van der Waals surface area contributed by atoms with Crippen molar-refractivity contribution < 1.29 is 13.9 Å². The average molecular weight is 289 g/mol. The van der Waals surface area contributed by atoms with Crippen LogP contribution in [0.1, 0.15) is 18.2 Å². The number of anilines is 1. The fourth-order valence-corrected chi connectivity index (χ4v) is 2.37. The van der Waals surface area contributed by atoms with Gasteiger partial charge >= 0.3 is 0 Å². The second-order valence-electron chi connectivity index (χ2n) is 5.09. The standard InChI is InChI=1S/C15H16FN3O2/c1-2-12-7-14(19-18-12)17-15(20)10-5-9-6-11(16)3-4-13(9)21-8-10/h3-4,6-7,10H,2,5,8H2,1H3,(H2,17,18,19,20). The SMILES string of the molecule is CCc1cc(NC(=O)C2COc3ccc(F)cc3C2)n[nH]1. The van der Waals surface area contributed by atoms with Crippen LogP contribution in [0.15, 0.2) is 24.3 Å². The summed E-state index contributed by atoms with van der Waals surface area (Å²) in [7, 11) is 0. The molecule has 0 aliphatic carbocycles. The lowest BCUT2D eigenvalue weighted by atomic mass is 9.96. The maximum Gasteiger partial charge on any atom is 0.232 e. The van der Waals surface area contributed by atoms with E-state index in [-0.39, 0.29) is 24.2 Å². The highest BCUT2D eigenvalue weighted by Gasteiger charge is 2.26. The molecule has 1 aliphatic rings. The second kappa shape index (κ2) is 5.55. The number of aromatic amines is 1. The van der Waals surface area contributed by atoms with Crippen molar-refractivity contribution >= 4 is 11.7 Å². The molecule has 6 heteroatoms. The summed E-state index contributed by atoms with van der Waals surface area (Å²) in [5, 5.41) is 9.62. The largest absolute Gasteiger partial charge is 0.492 e. The van der Waals surface area contributed by atoms with E-state index in [2.05, 4.69) is 15.5 Å². The molecule has 0 spiro atoms. The van der Waals surface area contributed by atoms with Gasteiger partial charge in [0.1, 0.15) is 18.2 Å². The first-order valence-corrected chi connectivity index (χ1v) is 6.92. The van der Waals surface area contributed by atoms with Gasteiger partial charge in [0, 0.05) is 11.8 Å². The normalized spacial score (nSPS) is 17.0.